The Bertz CT molecular complexity index is 381. The van der Waals surface area contributed by atoms with Gasteiger partial charge in [0.15, 0.2) is 0 Å². The van der Waals surface area contributed by atoms with Crippen LogP contribution in [-0.4, -0.2) is 38.0 Å². The molecule has 0 rings (SSSR count). The molecule has 0 fully saturated rings. The highest BCUT2D eigenvalue weighted by molar-refractivity contribution is 7.89. The van der Waals surface area contributed by atoms with E-state index in [2.05, 4.69) is 4.72 Å². The predicted molar refractivity (Wildman–Crippen MR) is 63.1 cm³/mol. The molecule has 0 heterocycles. The number of rotatable bonds is 9. The van der Waals surface area contributed by atoms with E-state index in [1.54, 1.807) is 6.92 Å². The number of hydrogen-bond donors (Lipinski definition) is 2. The molecule has 5 nitrogen and oxygen atoms in total. The van der Waals surface area contributed by atoms with Gasteiger partial charge in [0.25, 0.3) is 0 Å². The lowest BCUT2D eigenvalue weighted by Gasteiger charge is -2.12. The predicted octanol–water partition coefficient (Wildman–Crippen LogP) is 1.75. The van der Waals surface area contributed by atoms with Crippen LogP contribution in [0.5, 0.6) is 0 Å². The van der Waals surface area contributed by atoms with Gasteiger partial charge in [0.2, 0.25) is 10.0 Å². The van der Waals surface area contributed by atoms with E-state index >= 15 is 0 Å². The molecule has 0 saturated carbocycles. The minimum atomic E-state index is -4.36. The Labute approximate surface area is 110 Å². The van der Waals surface area contributed by atoms with E-state index in [1.807, 2.05) is 0 Å². The molecule has 9 heteroatoms. The maximum atomic E-state index is 11.9. The largest absolute Gasteiger partial charge is 0.481 e. The molecule has 0 aromatic heterocycles. The molecule has 1 unspecified atom stereocenters. The van der Waals surface area contributed by atoms with Crippen molar-refractivity contribution in [3.8, 4) is 0 Å². The summed E-state index contributed by atoms with van der Waals surface area (Å²) in [5, 5.41) is 8.44. The maximum Gasteiger partial charge on any atom is 0.389 e. The molecule has 0 radical (unpaired) electrons. The van der Waals surface area contributed by atoms with Crippen LogP contribution in [0.2, 0.25) is 0 Å². The van der Waals surface area contributed by atoms with Gasteiger partial charge in [0.1, 0.15) is 0 Å². The molecular formula is C10H18F3NO4S. The lowest BCUT2D eigenvalue weighted by molar-refractivity contribution is -0.137. The van der Waals surface area contributed by atoms with Crippen LogP contribution in [0.1, 0.15) is 32.6 Å². The first kappa shape index (κ1) is 18.2. The molecule has 114 valence electrons. The SMILES string of the molecule is CC(CCC(=O)O)CNS(=O)(=O)CCCC(F)(F)F. The summed E-state index contributed by atoms with van der Waals surface area (Å²) in [7, 11) is -3.74. The zero-order valence-corrected chi connectivity index (χ0v) is 11.4. The molecule has 0 aliphatic carbocycles. The molecule has 0 aromatic carbocycles. The normalized spacial score (nSPS) is 14.3. The van der Waals surface area contributed by atoms with Gasteiger partial charge in [-0.2, -0.15) is 13.2 Å². The fourth-order valence-electron chi connectivity index (χ4n) is 1.28. The van der Waals surface area contributed by atoms with Gasteiger partial charge in [0.05, 0.1) is 5.75 Å². The van der Waals surface area contributed by atoms with Crippen molar-refractivity contribution < 1.29 is 31.5 Å². The Hall–Kier alpha value is -0.830. The highest BCUT2D eigenvalue weighted by atomic mass is 32.2. The minimum Gasteiger partial charge on any atom is -0.481 e. The zero-order chi connectivity index (χ0) is 15.1. The second-order valence-corrected chi connectivity index (χ2v) is 6.35. The summed E-state index contributed by atoms with van der Waals surface area (Å²) in [6.07, 6.45) is -5.74. The summed E-state index contributed by atoms with van der Waals surface area (Å²) in [6, 6.07) is 0. The molecule has 19 heavy (non-hydrogen) atoms. The minimum absolute atomic E-state index is 0.0294. The fraction of sp³-hybridized carbons (Fsp3) is 0.900. The van der Waals surface area contributed by atoms with Crippen molar-refractivity contribution in [3.63, 3.8) is 0 Å². The number of carboxylic acids is 1. The lowest BCUT2D eigenvalue weighted by Crippen LogP contribution is -2.31. The Morgan fingerprint density at radius 1 is 1.37 bits per heavy atom. The first-order valence-corrected chi connectivity index (χ1v) is 7.43. The quantitative estimate of drug-likeness (QED) is 0.680. The van der Waals surface area contributed by atoms with Crippen LogP contribution in [0.15, 0.2) is 0 Å². The Kier molecular flexibility index (Phi) is 7.35. The van der Waals surface area contributed by atoms with Gasteiger partial charge in [-0.05, 0) is 18.8 Å². The number of alkyl halides is 3. The number of hydrogen-bond acceptors (Lipinski definition) is 3. The van der Waals surface area contributed by atoms with E-state index in [9.17, 15) is 26.4 Å². The van der Waals surface area contributed by atoms with E-state index < -0.39 is 40.8 Å². The molecule has 0 spiro atoms. The van der Waals surface area contributed by atoms with Crippen LogP contribution in [0.25, 0.3) is 0 Å². The van der Waals surface area contributed by atoms with E-state index in [0.29, 0.717) is 6.42 Å². The smallest absolute Gasteiger partial charge is 0.389 e. The monoisotopic (exact) mass is 305 g/mol. The first-order valence-electron chi connectivity index (χ1n) is 5.78. The molecule has 0 aliphatic rings. The summed E-state index contributed by atoms with van der Waals surface area (Å²) in [5.41, 5.74) is 0. The third-order valence-electron chi connectivity index (χ3n) is 2.38. The second kappa shape index (κ2) is 7.68. The summed E-state index contributed by atoms with van der Waals surface area (Å²) >= 11 is 0. The highest BCUT2D eigenvalue weighted by Gasteiger charge is 2.27. The molecule has 1 atom stereocenters. The van der Waals surface area contributed by atoms with Gasteiger partial charge in [-0.1, -0.05) is 6.92 Å². The van der Waals surface area contributed by atoms with Crippen molar-refractivity contribution in [2.45, 2.75) is 38.8 Å². The average molecular weight is 305 g/mol. The molecule has 2 N–H and O–H groups in total. The van der Waals surface area contributed by atoms with E-state index in [1.165, 1.54) is 0 Å². The molecule has 0 aromatic rings. The van der Waals surface area contributed by atoms with Gasteiger partial charge in [-0.3, -0.25) is 4.79 Å². The number of aliphatic carboxylic acids is 1. The number of sulfonamides is 1. The summed E-state index contributed by atoms with van der Waals surface area (Å²) in [6.45, 7) is 1.70. The zero-order valence-electron chi connectivity index (χ0n) is 10.5. The van der Waals surface area contributed by atoms with E-state index in [-0.39, 0.29) is 18.9 Å². The van der Waals surface area contributed by atoms with Gasteiger partial charge in [-0.25, -0.2) is 13.1 Å². The molecule has 0 saturated heterocycles. The first-order chi connectivity index (χ1) is 8.52. The maximum absolute atomic E-state index is 11.9. The van der Waals surface area contributed by atoms with E-state index in [0.717, 1.165) is 0 Å². The highest BCUT2D eigenvalue weighted by Crippen LogP contribution is 2.21. The van der Waals surface area contributed by atoms with Crippen LogP contribution >= 0.6 is 0 Å². The number of halogens is 3. The third-order valence-corrected chi connectivity index (χ3v) is 3.81. The van der Waals surface area contributed by atoms with Crippen LogP contribution < -0.4 is 4.72 Å². The van der Waals surface area contributed by atoms with Crippen molar-refractivity contribution in [2.24, 2.45) is 5.92 Å². The molecular weight excluding hydrogens is 287 g/mol. The second-order valence-electron chi connectivity index (χ2n) is 4.42. The van der Waals surface area contributed by atoms with Gasteiger partial charge >= 0.3 is 12.1 Å². The third kappa shape index (κ3) is 12.0. The van der Waals surface area contributed by atoms with Crippen LogP contribution in [0.4, 0.5) is 13.2 Å². The fourth-order valence-corrected chi connectivity index (χ4v) is 2.48. The van der Waals surface area contributed by atoms with Crippen LogP contribution in [0, 0.1) is 5.92 Å². The van der Waals surface area contributed by atoms with Gasteiger partial charge in [0, 0.05) is 19.4 Å². The number of carbonyl (C=O) groups is 1. The summed E-state index contributed by atoms with van der Waals surface area (Å²) in [4.78, 5) is 10.3. The van der Waals surface area contributed by atoms with Crippen molar-refractivity contribution in [1.29, 1.82) is 0 Å². The van der Waals surface area contributed by atoms with Crippen molar-refractivity contribution in [3.05, 3.63) is 0 Å². The van der Waals surface area contributed by atoms with Crippen molar-refractivity contribution >= 4 is 16.0 Å². The number of nitrogens with one attached hydrogen (secondary N) is 1. The van der Waals surface area contributed by atoms with Crippen molar-refractivity contribution in [2.75, 3.05) is 12.3 Å². The topological polar surface area (TPSA) is 83.5 Å². The standard InChI is InChI=1S/C10H18F3NO4S/c1-8(3-4-9(15)16)7-14-19(17,18)6-2-5-10(11,12)13/h8,14H,2-7H2,1H3,(H,15,16). The summed E-state index contributed by atoms with van der Waals surface area (Å²) in [5.74, 6) is -1.74. The van der Waals surface area contributed by atoms with E-state index in [4.69, 9.17) is 5.11 Å². The van der Waals surface area contributed by atoms with Crippen LogP contribution in [0.3, 0.4) is 0 Å². The van der Waals surface area contributed by atoms with Crippen LogP contribution in [-0.2, 0) is 14.8 Å². The molecule has 0 aliphatic heterocycles. The molecule has 0 amide bonds. The average Bonchev–Trinajstić information content (AvgIpc) is 2.21. The van der Waals surface area contributed by atoms with Gasteiger partial charge < -0.3 is 5.11 Å². The Morgan fingerprint density at radius 3 is 2.42 bits per heavy atom. The number of carboxylic acid groups (broad SMARTS) is 1. The molecule has 0 bridgehead atoms. The Morgan fingerprint density at radius 2 is 1.95 bits per heavy atom. The van der Waals surface area contributed by atoms with Crippen molar-refractivity contribution in [1.82, 2.24) is 4.72 Å². The van der Waals surface area contributed by atoms with Gasteiger partial charge in [-0.15, -0.1) is 0 Å². The lowest BCUT2D eigenvalue weighted by atomic mass is 10.1. The summed E-state index contributed by atoms with van der Waals surface area (Å²) < 4.78 is 60.5. The Balaban J connectivity index is 3.93.